The summed E-state index contributed by atoms with van der Waals surface area (Å²) in [4.78, 5) is 11.4. The summed E-state index contributed by atoms with van der Waals surface area (Å²) in [7, 11) is 0. The van der Waals surface area contributed by atoms with Crippen LogP contribution in [0.25, 0.3) is 0 Å². The number of nitrogens with one attached hydrogen (secondary N) is 2. The van der Waals surface area contributed by atoms with E-state index in [1.807, 2.05) is 6.07 Å². The van der Waals surface area contributed by atoms with Gasteiger partial charge in [0.2, 0.25) is 5.91 Å². The third-order valence-electron chi connectivity index (χ3n) is 4.39. The maximum Gasteiger partial charge on any atom is 0.224 e. The third kappa shape index (κ3) is 2.89. The number of anilines is 3. The molecule has 0 radical (unpaired) electrons. The lowest BCUT2D eigenvalue weighted by Gasteiger charge is -2.23. The molecule has 1 aromatic rings. The van der Waals surface area contributed by atoms with Gasteiger partial charge in [-0.1, -0.05) is 25.7 Å². The molecule has 0 saturated heterocycles. The Bertz CT molecular complexity index is 505. The highest BCUT2D eigenvalue weighted by atomic mass is 16.1. The number of hydrogen-bond donors (Lipinski definition) is 3. The van der Waals surface area contributed by atoms with E-state index >= 15 is 0 Å². The Hall–Kier alpha value is -1.71. The number of amides is 1. The van der Waals surface area contributed by atoms with Crippen molar-refractivity contribution in [2.75, 3.05) is 16.4 Å². The molecule has 0 aromatic heterocycles. The van der Waals surface area contributed by atoms with Gasteiger partial charge in [-0.05, 0) is 37.0 Å². The van der Waals surface area contributed by atoms with Crippen LogP contribution >= 0.6 is 0 Å². The second-order valence-electron chi connectivity index (χ2n) is 5.98. The Morgan fingerprint density at radius 2 is 1.85 bits per heavy atom. The van der Waals surface area contributed by atoms with Gasteiger partial charge in [0.25, 0.3) is 0 Å². The molecular weight excluding hydrogens is 250 g/mol. The van der Waals surface area contributed by atoms with Crippen molar-refractivity contribution in [3.8, 4) is 0 Å². The number of nitrogen functional groups attached to an aromatic ring is 1. The van der Waals surface area contributed by atoms with Gasteiger partial charge in [0.15, 0.2) is 0 Å². The second-order valence-corrected chi connectivity index (χ2v) is 5.98. The minimum absolute atomic E-state index is 0.0846. The Balaban J connectivity index is 1.77. The van der Waals surface area contributed by atoms with Crippen molar-refractivity contribution in [2.45, 2.75) is 57.4 Å². The zero-order valence-electron chi connectivity index (χ0n) is 11.9. The number of aryl methyl sites for hydroxylation is 1. The van der Waals surface area contributed by atoms with Crippen LogP contribution in [0.5, 0.6) is 0 Å². The lowest BCUT2D eigenvalue weighted by molar-refractivity contribution is -0.116. The molecule has 108 valence electrons. The van der Waals surface area contributed by atoms with Gasteiger partial charge in [-0.3, -0.25) is 4.79 Å². The highest BCUT2D eigenvalue weighted by Gasteiger charge is 2.18. The van der Waals surface area contributed by atoms with Gasteiger partial charge >= 0.3 is 0 Å². The van der Waals surface area contributed by atoms with E-state index in [0.717, 1.165) is 23.5 Å². The third-order valence-corrected chi connectivity index (χ3v) is 4.39. The molecule has 4 nitrogen and oxygen atoms in total. The van der Waals surface area contributed by atoms with Gasteiger partial charge < -0.3 is 16.4 Å². The van der Waals surface area contributed by atoms with Crippen LogP contribution in [0.2, 0.25) is 0 Å². The number of carbonyl (C=O) groups excluding carboxylic acids is 1. The first-order chi connectivity index (χ1) is 9.72. The van der Waals surface area contributed by atoms with Crippen LogP contribution in [0.1, 0.15) is 50.5 Å². The number of benzene rings is 1. The molecule has 0 unspecified atom stereocenters. The van der Waals surface area contributed by atoms with Crippen molar-refractivity contribution in [1.82, 2.24) is 0 Å². The van der Waals surface area contributed by atoms with E-state index in [0.29, 0.717) is 12.5 Å². The molecule has 3 rings (SSSR count). The van der Waals surface area contributed by atoms with E-state index in [1.54, 1.807) is 0 Å². The SMILES string of the molecule is Nc1cc2c(cc1NC1CCCCCC1)CCC(=O)N2. The molecule has 1 aromatic carbocycles. The van der Waals surface area contributed by atoms with Gasteiger partial charge in [-0.15, -0.1) is 0 Å². The smallest absolute Gasteiger partial charge is 0.224 e. The molecule has 1 heterocycles. The fourth-order valence-corrected chi connectivity index (χ4v) is 3.21. The molecule has 0 bridgehead atoms. The lowest BCUT2D eigenvalue weighted by Crippen LogP contribution is -2.22. The molecule has 1 aliphatic carbocycles. The maximum atomic E-state index is 11.4. The maximum absolute atomic E-state index is 11.4. The van der Waals surface area contributed by atoms with Gasteiger partial charge in [-0.2, -0.15) is 0 Å². The summed E-state index contributed by atoms with van der Waals surface area (Å²) in [6.45, 7) is 0. The van der Waals surface area contributed by atoms with E-state index in [2.05, 4.69) is 16.7 Å². The van der Waals surface area contributed by atoms with E-state index in [4.69, 9.17) is 5.73 Å². The molecule has 1 saturated carbocycles. The quantitative estimate of drug-likeness (QED) is 0.572. The molecule has 4 heteroatoms. The minimum atomic E-state index is 0.0846. The Kier molecular flexibility index (Phi) is 3.81. The largest absolute Gasteiger partial charge is 0.397 e. The molecular formula is C16H23N3O. The average molecular weight is 273 g/mol. The number of rotatable bonds is 2. The van der Waals surface area contributed by atoms with E-state index in [9.17, 15) is 4.79 Å². The predicted octanol–water partition coefficient (Wildman–Crippen LogP) is 3.29. The van der Waals surface area contributed by atoms with E-state index in [-0.39, 0.29) is 5.91 Å². The Morgan fingerprint density at radius 1 is 1.10 bits per heavy atom. The standard InChI is InChI=1S/C16H23N3O/c17-13-10-14-11(7-8-16(20)19-14)9-15(13)18-12-5-3-1-2-4-6-12/h9-10,12,18H,1-8,17H2,(H,19,20). The Labute approximate surface area is 120 Å². The summed E-state index contributed by atoms with van der Waals surface area (Å²) in [5.74, 6) is 0.0846. The van der Waals surface area contributed by atoms with Crippen molar-refractivity contribution < 1.29 is 4.79 Å². The second kappa shape index (κ2) is 5.73. The number of nitrogens with two attached hydrogens (primary N) is 1. The van der Waals surface area contributed by atoms with Crippen LogP contribution in [0.3, 0.4) is 0 Å². The highest BCUT2D eigenvalue weighted by molar-refractivity contribution is 5.95. The van der Waals surface area contributed by atoms with Gasteiger partial charge in [0.1, 0.15) is 0 Å². The van der Waals surface area contributed by atoms with Crippen LogP contribution in [0.4, 0.5) is 17.1 Å². The monoisotopic (exact) mass is 273 g/mol. The summed E-state index contributed by atoms with van der Waals surface area (Å²) in [5.41, 5.74) is 9.97. The van der Waals surface area contributed by atoms with Crippen LogP contribution in [0.15, 0.2) is 12.1 Å². The summed E-state index contributed by atoms with van der Waals surface area (Å²) >= 11 is 0. The van der Waals surface area contributed by atoms with Crippen LogP contribution in [-0.4, -0.2) is 11.9 Å². The minimum Gasteiger partial charge on any atom is -0.397 e. The number of hydrogen-bond acceptors (Lipinski definition) is 3. The number of carbonyl (C=O) groups is 1. The molecule has 2 aliphatic rings. The summed E-state index contributed by atoms with van der Waals surface area (Å²) in [6, 6.07) is 4.55. The first kappa shape index (κ1) is 13.3. The zero-order valence-corrected chi connectivity index (χ0v) is 11.9. The lowest BCUT2D eigenvalue weighted by atomic mass is 10.0. The Morgan fingerprint density at radius 3 is 2.60 bits per heavy atom. The number of fused-ring (bicyclic) bond motifs is 1. The predicted molar refractivity (Wildman–Crippen MR) is 82.9 cm³/mol. The summed E-state index contributed by atoms with van der Waals surface area (Å²) in [6.07, 6.45) is 9.14. The molecule has 0 spiro atoms. The first-order valence-corrected chi connectivity index (χ1v) is 7.71. The fourth-order valence-electron chi connectivity index (χ4n) is 3.21. The molecule has 0 atom stereocenters. The average Bonchev–Trinajstić information content (AvgIpc) is 2.68. The van der Waals surface area contributed by atoms with Crippen molar-refractivity contribution >= 4 is 23.0 Å². The molecule has 20 heavy (non-hydrogen) atoms. The van der Waals surface area contributed by atoms with Gasteiger partial charge in [0, 0.05) is 18.2 Å². The molecule has 1 fully saturated rings. The molecule has 4 N–H and O–H groups in total. The van der Waals surface area contributed by atoms with Crippen LogP contribution in [-0.2, 0) is 11.2 Å². The van der Waals surface area contributed by atoms with Crippen LogP contribution in [0, 0.1) is 0 Å². The normalized spacial score (nSPS) is 19.9. The van der Waals surface area contributed by atoms with E-state index in [1.165, 1.54) is 44.1 Å². The summed E-state index contributed by atoms with van der Waals surface area (Å²) in [5, 5.41) is 6.51. The fraction of sp³-hybridized carbons (Fsp3) is 0.562. The van der Waals surface area contributed by atoms with Gasteiger partial charge in [-0.25, -0.2) is 0 Å². The van der Waals surface area contributed by atoms with E-state index < -0.39 is 0 Å². The van der Waals surface area contributed by atoms with Crippen molar-refractivity contribution in [3.63, 3.8) is 0 Å². The van der Waals surface area contributed by atoms with Gasteiger partial charge in [0.05, 0.1) is 11.4 Å². The van der Waals surface area contributed by atoms with Crippen molar-refractivity contribution in [2.24, 2.45) is 0 Å². The molecule has 1 aliphatic heterocycles. The van der Waals surface area contributed by atoms with Crippen molar-refractivity contribution in [3.05, 3.63) is 17.7 Å². The van der Waals surface area contributed by atoms with Crippen LogP contribution < -0.4 is 16.4 Å². The topological polar surface area (TPSA) is 67.1 Å². The van der Waals surface area contributed by atoms with Crippen molar-refractivity contribution in [1.29, 1.82) is 0 Å². The zero-order chi connectivity index (χ0) is 13.9. The molecule has 1 amide bonds. The first-order valence-electron chi connectivity index (χ1n) is 7.71. The summed E-state index contributed by atoms with van der Waals surface area (Å²) < 4.78 is 0. The highest BCUT2D eigenvalue weighted by Crippen LogP contribution is 2.32.